The van der Waals surface area contributed by atoms with E-state index in [0.29, 0.717) is 22.7 Å². The number of nitrogen functional groups attached to an aromatic ring is 1. The maximum atomic E-state index is 13.9. The number of thioether (sulfide) groups is 1. The van der Waals surface area contributed by atoms with Crippen molar-refractivity contribution in [1.29, 1.82) is 0 Å². The van der Waals surface area contributed by atoms with Crippen LogP contribution in [0.2, 0.25) is 0 Å². The van der Waals surface area contributed by atoms with Gasteiger partial charge in [0.05, 0.1) is 6.33 Å². The standard InChI is InChI=1S/C17H20FN5OS/c1-11-3-5-13(6-4-11)25-7-14(12(2)18)24-10-23-9-22-15-16(19)20-8-21-17(15)23/h3-6,8-9,12,14H,7,10H2,1-2H3,(H2,19,20,21). The molecule has 0 fully saturated rings. The largest absolute Gasteiger partial charge is 0.382 e. The Kier molecular flexibility index (Phi) is 5.50. The lowest BCUT2D eigenvalue weighted by molar-refractivity contribution is -0.0172. The van der Waals surface area contributed by atoms with E-state index in [9.17, 15) is 4.39 Å². The number of nitrogens with zero attached hydrogens (tertiary/aromatic N) is 4. The molecule has 2 atom stereocenters. The molecule has 2 N–H and O–H groups in total. The summed E-state index contributed by atoms with van der Waals surface area (Å²) < 4.78 is 21.4. The predicted octanol–water partition coefficient (Wildman–Crippen LogP) is 3.21. The van der Waals surface area contributed by atoms with Crippen LogP contribution in [0, 0.1) is 6.92 Å². The Balaban J connectivity index is 1.63. The first-order valence-electron chi connectivity index (χ1n) is 7.91. The van der Waals surface area contributed by atoms with E-state index in [2.05, 4.69) is 15.0 Å². The van der Waals surface area contributed by atoms with E-state index in [1.807, 2.05) is 31.2 Å². The molecule has 0 amide bonds. The van der Waals surface area contributed by atoms with Crippen molar-refractivity contribution >= 4 is 28.7 Å². The number of halogens is 1. The van der Waals surface area contributed by atoms with Crippen LogP contribution < -0.4 is 5.73 Å². The van der Waals surface area contributed by atoms with E-state index in [1.54, 1.807) is 22.7 Å². The molecule has 2 heterocycles. The smallest absolute Gasteiger partial charge is 0.167 e. The molecule has 2 aromatic heterocycles. The third kappa shape index (κ3) is 4.26. The fraction of sp³-hybridized carbons (Fsp3) is 0.353. The van der Waals surface area contributed by atoms with E-state index in [4.69, 9.17) is 10.5 Å². The van der Waals surface area contributed by atoms with Crippen LogP contribution in [0.1, 0.15) is 12.5 Å². The minimum atomic E-state index is -1.09. The second-order valence-electron chi connectivity index (χ2n) is 5.78. The molecule has 0 bridgehead atoms. The zero-order chi connectivity index (χ0) is 17.8. The van der Waals surface area contributed by atoms with E-state index in [0.717, 1.165) is 4.90 Å². The maximum Gasteiger partial charge on any atom is 0.167 e. The van der Waals surface area contributed by atoms with Crippen LogP contribution in [0.5, 0.6) is 0 Å². The van der Waals surface area contributed by atoms with Crippen molar-refractivity contribution in [3.8, 4) is 0 Å². The van der Waals surface area contributed by atoms with Gasteiger partial charge in [-0.25, -0.2) is 19.3 Å². The number of aromatic nitrogens is 4. The van der Waals surface area contributed by atoms with E-state index in [1.165, 1.54) is 18.8 Å². The summed E-state index contributed by atoms with van der Waals surface area (Å²) in [6.07, 6.45) is 1.32. The summed E-state index contributed by atoms with van der Waals surface area (Å²) in [5.41, 5.74) is 8.06. The highest BCUT2D eigenvalue weighted by molar-refractivity contribution is 7.99. The highest BCUT2D eigenvalue weighted by atomic mass is 32.2. The average Bonchev–Trinajstić information content (AvgIpc) is 3.01. The van der Waals surface area contributed by atoms with E-state index < -0.39 is 12.3 Å². The number of hydrogen-bond acceptors (Lipinski definition) is 6. The van der Waals surface area contributed by atoms with Crippen molar-refractivity contribution in [3.05, 3.63) is 42.5 Å². The Labute approximate surface area is 149 Å². The summed E-state index contributed by atoms with van der Waals surface area (Å²) in [5.74, 6) is 0.832. The normalized spacial score (nSPS) is 13.9. The molecule has 3 rings (SSSR count). The van der Waals surface area contributed by atoms with Gasteiger partial charge in [0.2, 0.25) is 0 Å². The summed E-state index contributed by atoms with van der Waals surface area (Å²) >= 11 is 1.57. The first kappa shape index (κ1) is 17.6. The summed E-state index contributed by atoms with van der Waals surface area (Å²) in [4.78, 5) is 13.3. The summed E-state index contributed by atoms with van der Waals surface area (Å²) in [6.45, 7) is 3.70. The first-order valence-corrected chi connectivity index (χ1v) is 8.89. The molecule has 2 unspecified atom stereocenters. The maximum absolute atomic E-state index is 13.9. The average molecular weight is 361 g/mol. The molecule has 0 radical (unpaired) electrons. The molecule has 0 aliphatic rings. The quantitative estimate of drug-likeness (QED) is 0.651. The summed E-state index contributed by atoms with van der Waals surface area (Å²) in [6, 6.07) is 8.14. The number of nitrogens with two attached hydrogens (primary N) is 1. The minimum Gasteiger partial charge on any atom is -0.382 e. The highest BCUT2D eigenvalue weighted by Crippen LogP contribution is 2.22. The number of benzene rings is 1. The summed E-state index contributed by atoms with van der Waals surface area (Å²) in [5, 5.41) is 0. The molecule has 1 aromatic carbocycles. The van der Waals surface area contributed by atoms with Gasteiger partial charge in [0.25, 0.3) is 0 Å². The molecule has 132 valence electrons. The van der Waals surface area contributed by atoms with Crippen LogP contribution in [0.15, 0.2) is 41.8 Å². The fourth-order valence-electron chi connectivity index (χ4n) is 2.30. The van der Waals surface area contributed by atoms with Gasteiger partial charge in [0, 0.05) is 10.6 Å². The van der Waals surface area contributed by atoms with Crippen LogP contribution in [0.25, 0.3) is 11.2 Å². The molecule has 3 aromatic rings. The fourth-order valence-corrected chi connectivity index (χ4v) is 3.34. The van der Waals surface area contributed by atoms with E-state index >= 15 is 0 Å². The van der Waals surface area contributed by atoms with E-state index in [-0.39, 0.29) is 6.73 Å². The lowest BCUT2D eigenvalue weighted by atomic mass is 10.2. The van der Waals surface area contributed by atoms with Crippen LogP contribution in [-0.4, -0.2) is 37.5 Å². The van der Waals surface area contributed by atoms with Crippen molar-refractivity contribution in [2.24, 2.45) is 0 Å². The first-order chi connectivity index (χ1) is 12.0. The molecule has 8 heteroatoms. The van der Waals surface area contributed by atoms with Crippen molar-refractivity contribution in [1.82, 2.24) is 19.5 Å². The van der Waals surface area contributed by atoms with Gasteiger partial charge in [0.1, 0.15) is 30.9 Å². The van der Waals surface area contributed by atoms with Crippen LogP contribution >= 0.6 is 11.8 Å². The van der Waals surface area contributed by atoms with Gasteiger partial charge in [-0.3, -0.25) is 4.57 Å². The van der Waals surface area contributed by atoms with Crippen molar-refractivity contribution in [3.63, 3.8) is 0 Å². The van der Waals surface area contributed by atoms with Gasteiger partial charge in [-0.05, 0) is 26.0 Å². The number of anilines is 1. The number of imidazole rings is 1. The third-order valence-electron chi connectivity index (χ3n) is 3.80. The molecule has 0 saturated carbocycles. The van der Waals surface area contributed by atoms with Gasteiger partial charge in [-0.15, -0.1) is 11.8 Å². The Morgan fingerprint density at radius 3 is 2.72 bits per heavy atom. The van der Waals surface area contributed by atoms with Gasteiger partial charge in [-0.1, -0.05) is 17.7 Å². The molecule has 0 spiro atoms. The SMILES string of the molecule is Cc1ccc(SCC(OCn2cnc3c(N)ncnc32)C(C)F)cc1. The molecule has 0 saturated heterocycles. The van der Waals surface area contributed by atoms with Gasteiger partial charge in [-0.2, -0.15) is 0 Å². The Morgan fingerprint density at radius 2 is 2.00 bits per heavy atom. The van der Waals surface area contributed by atoms with Gasteiger partial charge in [0.15, 0.2) is 11.5 Å². The second-order valence-corrected chi connectivity index (χ2v) is 6.87. The minimum absolute atomic E-state index is 0.153. The van der Waals surface area contributed by atoms with Crippen molar-refractivity contribution < 1.29 is 9.13 Å². The van der Waals surface area contributed by atoms with Crippen LogP contribution in [0.4, 0.5) is 10.2 Å². The molecule has 6 nitrogen and oxygen atoms in total. The zero-order valence-corrected chi connectivity index (χ0v) is 14.9. The number of aryl methyl sites for hydroxylation is 1. The second kappa shape index (κ2) is 7.79. The predicted molar refractivity (Wildman–Crippen MR) is 97.1 cm³/mol. The Morgan fingerprint density at radius 1 is 1.24 bits per heavy atom. The van der Waals surface area contributed by atoms with Crippen molar-refractivity contribution in [2.75, 3.05) is 11.5 Å². The lowest BCUT2D eigenvalue weighted by Crippen LogP contribution is -2.27. The van der Waals surface area contributed by atoms with Gasteiger partial charge >= 0.3 is 0 Å². The number of ether oxygens (including phenoxy) is 1. The number of rotatable bonds is 7. The van der Waals surface area contributed by atoms with Crippen LogP contribution in [0.3, 0.4) is 0 Å². The Hall–Kier alpha value is -2.19. The molecular formula is C17H20FN5OS. The molecule has 0 aliphatic heterocycles. The highest BCUT2D eigenvalue weighted by Gasteiger charge is 2.19. The topological polar surface area (TPSA) is 78.9 Å². The lowest BCUT2D eigenvalue weighted by Gasteiger charge is -2.19. The van der Waals surface area contributed by atoms with Gasteiger partial charge < -0.3 is 10.5 Å². The van der Waals surface area contributed by atoms with Crippen molar-refractivity contribution in [2.45, 2.75) is 37.7 Å². The molecular weight excluding hydrogens is 341 g/mol. The summed E-state index contributed by atoms with van der Waals surface area (Å²) in [7, 11) is 0. The number of fused-ring (bicyclic) bond motifs is 1. The zero-order valence-electron chi connectivity index (χ0n) is 14.1. The molecule has 25 heavy (non-hydrogen) atoms. The monoisotopic (exact) mass is 361 g/mol. The Bertz CT molecular complexity index is 837. The number of hydrogen-bond donors (Lipinski definition) is 1. The van der Waals surface area contributed by atoms with Crippen LogP contribution in [-0.2, 0) is 11.5 Å². The number of alkyl halides is 1. The molecule has 0 aliphatic carbocycles. The third-order valence-corrected chi connectivity index (χ3v) is 4.91.